The van der Waals surface area contributed by atoms with E-state index in [9.17, 15) is 18.0 Å². The highest BCUT2D eigenvalue weighted by molar-refractivity contribution is 6.09. The van der Waals surface area contributed by atoms with Crippen molar-refractivity contribution in [3.8, 4) is 5.75 Å². The lowest BCUT2D eigenvalue weighted by Crippen LogP contribution is -2.17. The molecule has 1 fully saturated rings. The molecule has 1 aromatic heterocycles. The number of hydrogen-bond donors (Lipinski definition) is 2. The fourth-order valence-electron chi connectivity index (χ4n) is 3.11. The summed E-state index contributed by atoms with van der Waals surface area (Å²) in [5, 5.41) is 3.24. The fraction of sp³-hybridized carbons (Fsp3) is 0.263. The molecule has 2 atom stereocenters. The summed E-state index contributed by atoms with van der Waals surface area (Å²) in [7, 11) is 0. The number of allylic oxidation sites excluding steroid dienone is 2. The van der Waals surface area contributed by atoms with E-state index in [1.54, 1.807) is 12.3 Å². The van der Waals surface area contributed by atoms with Crippen molar-refractivity contribution >= 4 is 11.4 Å². The van der Waals surface area contributed by atoms with Crippen LogP contribution in [0.5, 0.6) is 5.75 Å². The third-order valence-corrected chi connectivity index (χ3v) is 4.45. The zero-order valence-electron chi connectivity index (χ0n) is 14.1. The molecule has 2 aromatic rings. The van der Waals surface area contributed by atoms with E-state index in [4.69, 9.17) is 4.99 Å². The van der Waals surface area contributed by atoms with Crippen LogP contribution in [0.25, 0.3) is 0 Å². The Balaban J connectivity index is 1.54. The molecule has 0 saturated heterocycles. The van der Waals surface area contributed by atoms with E-state index in [0.717, 1.165) is 29.8 Å². The molecule has 1 saturated carbocycles. The summed E-state index contributed by atoms with van der Waals surface area (Å²) in [6.07, 6.45) is 0.543. The van der Waals surface area contributed by atoms with Crippen LogP contribution in [0, 0.1) is 5.92 Å². The van der Waals surface area contributed by atoms with Crippen molar-refractivity contribution < 1.29 is 17.9 Å². The summed E-state index contributed by atoms with van der Waals surface area (Å²) in [4.78, 5) is 18.9. The number of halogens is 3. The summed E-state index contributed by atoms with van der Waals surface area (Å²) < 4.78 is 40.6. The highest BCUT2D eigenvalue weighted by Crippen LogP contribution is 2.41. The van der Waals surface area contributed by atoms with Crippen molar-refractivity contribution in [3.05, 3.63) is 70.3 Å². The summed E-state index contributed by atoms with van der Waals surface area (Å²) in [5.74, 6) is 0.173. The number of alkyl halides is 3. The molecular formula is C19H16F3N3O2. The Hall–Kier alpha value is -3.03. The SMILES string of the molecule is O=c1cc(C2=NC3CC3CC(Nc3ccc(OC(F)(F)F)cc3)=C2)cc[nH]1. The number of H-pyrrole nitrogens is 1. The minimum Gasteiger partial charge on any atom is -0.406 e. The van der Waals surface area contributed by atoms with Crippen molar-refractivity contribution in [2.45, 2.75) is 25.2 Å². The molecule has 1 aromatic carbocycles. The van der Waals surface area contributed by atoms with E-state index in [2.05, 4.69) is 15.0 Å². The lowest BCUT2D eigenvalue weighted by atomic mass is 10.1. The topological polar surface area (TPSA) is 66.5 Å². The zero-order chi connectivity index (χ0) is 19.0. The second-order valence-electron chi connectivity index (χ2n) is 6.59. The fourth-order valence-corrected chi connectivity index (χ4v) is 3.11. The second-order valence-corrected chi connectivity index (χ2v) is 6.59. The van der Waals surface area contributed by atoms with Crippen LogP contribution in [0.2, 0.25) is 0 Å². The average Bonchev–Trinajstić information content (AvgIpc) is 3.33. The summed E-state index contributed by atoms with van der Waals surface area (Å²) >= 11 is 0. The van der Waals surface area contributed by atoms with Crippen LogP contribution in [0.3, 0.4) is 0 Å². The first-order valence-corrected chi connectivity index (χ1v) is 8.46. The second kappa shape index (κ2) is 6.61. The van der Waals surface area contributed by atoms with E-state index in [1.165, 1.54) is 30.3 Å². The molecule has 27 heavy (non-hydrogen) atoms. The van der Waals surface area contributed by atoms with E-state index in [1.807, 2.05) is 6.08 Å². The predicted molar refractivity (Wildman–Crippen MR) is 94.9 cm³/mol. The lowest BCUT2D eigenvalue weighted by molar-refractivity contribution is -0.274. The average molecular weight is 375 g/mol. The van der Waals surface area contributed by atoms with Gasteiger partial charge in [0.25, 0.3) is 0 Å². The van der Waals surface area contributed by atoms with Crippen LogP contribution in [-0.4, -0.2) is 23.1 Å². The Bertz CT molecular complexity index is 961. The van der Waals surface area contributed by atoms with Crippen molar-refractivity contribution in [2.24, 2.45) is 10.9 Å². The minimum absolute atomic E-state index is 0.199. The maximum absolute atomic E-state index is 12.3. The first kappa shape index (κ1) is 17.4. The zero-order valence-corrected chi connectivity index (χ0v) is 14.1. The first-order valence-electron chi connectivity index (χ1n) is 8.46. The molecule has 2 heterocycles. The molecule has 2 N–H and O–H groups in total. The van der Waals surface area contributed by atoms with Crippen LogP contribution in [0.4, 0.5) is 18.9 Å². The molecule has 0 spiro atoms. The minimum atomic E-state index is -4.71. The molecule has 2 aliphatic rings. The van der Waals surface area contributed by atoms with Crippen LogP contribution >= 0.6 is 0 Å². The van der Waals surface area contributed by atoms with Gasteiger partial charge in [-0.25, -0.2) is 0 Å². The van der Waals surface area contributed by atoms with Crippen molar-refractivity contribution in [1.29, 1.82) is 0 Å². The third kappa shape index (κ3) is 4.39. The number of hydrogen-bond acceptors (Lipinski definition) is 4. The highest BCUT2D eigenvalue weighted by atomic mass is 19.4. The van der Waals surface area contributed by atoms with Crippen LogP contribution in [0.1, 0.15) is 18.4 Å². The van der Waals surface area contributed by atoms with Gasteiger partial charge >= 0.3 is 6.36 Å². The number of nitrogens with zero attached hydrogens (tertiary/aromatic N) is 1. The standard InChI is InChI=1S/C19H16F3N3O2/c20-19(21,22)27-15-3-1-13(2-4-15)24-14-7-12-8-16(12)25-17(10-14)11-5-6-23-18(26)9-11/h1-6,9-10,12,16,24H,7-8H2,(H,23,26). The summed E-state index contributed by atoms with van der Waals surface area (Å²) in [6.45, 7) is 0. The molecular weight excluding hydrogens is 359 g/mol. The van der Waals surface area contributed by atoms with Crippen molar-refractivity contribution in [2.75, 3.05) is 5.32 Å². The molecule has 0 bridgehead atoms. The highest BCUT2D eigenvalue weighted by Gasteiger charge is 2.39. The van der Waals surface area contributed by atoms with Crippen LogP contribution in [0.15, 0.2) is 64.2 Å². The normalized spacial score (nSPS) is 21.4. The number of aromatic amines is 1. The molecule has 1 aliphatic carbocycles. The van der Waals surface area contributed by atoms with Gasteiger partial charge in [0, 0.05) is 29.2 Å². The van der Waals surface area contributed by atoms with Gasteiger partial charge in [-0.2, -0.15) is 0 Å². The van der Waals surface area contributed by atoms with Gasteiger partial charge in [-0.3, -0.25) is 9.79 Å². The molecule has 5 nitrogen and oxygen atoms in total. The number of pyridine rings is 1. The van der Waals surface area contributed by atoms with E-state index < -0.39 is 6.36 Å². The van der Waals surface area contributed by atoms with Gasteiger partial charge in [0.1, 0.15) is 5.75 Å². The van der Waals surface area contributed by atoms with Gasteiger partial charge in [0.2, 0.25) is 5.56 Å². The molecule has 8 heteroatoms. The van der Waals surface area contributed by atoms with E-state index in [0.29, 0.717) is 11.6 Å². The summed E-state index contributed by atoms with van der Waals surface area (Å²) in [6, 6.07) is 9.12. The van der Waals surface area contributed by atoms with E-state index in [-0.39, 0.29) is 17.4 Å². The quantitative estimate of drug-likeness (QED) is 0.853. The third-order valence-electron chi connectivity index (χ3n) is 4.45. The Kier molecular flexibility index (Phi) is 4.25. The predicted octanol–water partition coefficient (Wildman–Crippen LogP) is 3.85. The number of nitrogens with one attached hydrogen (secondary N) is 2. The van der Waals surface area contributed by atoms with Crippen LogP contribution < -0.4 is 15.6 Å². The number of aliphatic imine (C=N–C) groups is 1. The number of aromatic nitrogens is 1. The Morgan fingerprint density at radius 2 is 1.96 bits per heavy atom. The van der Waals surface area contributed by atoms with Gasteiger partial charge in [-0.1, -0.05) is 0 Å². The van der Waals surface area contributed by atoms with Gasteiger partial charge < -0.3 is 15.0 Å². The smallest absolute Gasteiger partial charge is 0.406 e. The number of rotatable bonds is 4. The summed E-state index contributed by atoms with van der Waals surface area (Å²) in [5.41, 5.74) is 2.82. The lowest BCUT2D eigenvalue weighted by Gasteiger charge is -2.12. The maximum atomic E-state index is 12.3. The first-order chi connectivity index (χ1) is 12.9. The number of ether oxygens (including phenoxy) is 1. The molecule has 2 unspecified atom stereocenters. The maximum Gasteiger partial charge on any atom is 0.573 e. The largest absolute Gasteiger partial charge is 0.573 e. The Labute approximate surface area is 152 Å². The van der Waals surface area contributed by atoms with Gasteiger partial charge in [0.05, 0.1) is 11.8 Å². The molecule has 0 amide bonds. The molecule has 140 valence electrons. The van der Waals surface area contributed by atoms with E-state index >= 15 is 0 Å². The number of benzene rings is 1. The van der Waals surface area contributed by atoms with Gasteiger partial charge in [-0.05, 0) is 55.2 Å². The number of anilines is 1. The van der Waals surface area contributed by atoms with Crippen molar-refractivity contribution in [1.82, 2.24) is 4.98 Å². The Morgan fingerprint density at radius 1 is 1.19 bits per heavy atom. The molecule has 0 radical (unpaired) electrons. The van der Waals surface area contributed by atoms with Gasteiger partial charge in [0.15, 0.2) is 0 Å². The monoisotopic (exact) mass is 375 g/mol. The van der Waals surface area contributed by atoms with Crippen LogP contribution in [-0.2, 0) is 0 Å². The molecule has 4 rings (SSSR count). The molecule has 1 aliphatic heterocycles. The number of fused-ring (bicyclic) bond motifs is 1. The van der Waals surface area contributed by atoms with Gasteiger partial charge in [-0.15, -0.1) is 13.2 Å². The Morgan fingerprint density at radius 3 is 2.67 bits per heavy atom. The van der Waals surface area contributed by atoms with Crippen molar-refractivity contribution in [3.63, 3.8) is 0 Å².